The maximum absolute atomic E-state index is 5.56. The molecule has 0 spiro atoms. The van der Waals surface area contributed by atoms with Crippen LogP contribution in [0.1, 0.15) is 19.8 Å². The van der Waals surface area contributed by atoms with E-state index in [0.29, 0.717) is 6.04 Å². The predicted octanol–water partition coefficient (Wildman–Crippen LogP) is 0.889. The Bertz CT molecular complexity index is 87.3. The van der Waals surface area contributed by atoms with Gasteiger partial charge in [0.1, 0.15) is 0 Å². The summed E-state index contributed by atoms with van der Waals surface area (Å²) in [6.07, 6.45) is 6.47. The van der Waals surface area contributed by atoms with E-state index in [-0.39, 0.29) is 0 Å². The third-order valence-corrected chi connectivity index (χ3v) is 1.28. The molecule has 2 nitrogen and oxygen atoms in total. The van der Waals surface area contributed by atoms with Crippen LogP contribution < -0.4 is 11.1 Å². The average molecular weight is 142 g/mol. The van der Waals surface area contributed by atoms with Crippen LogP contribution in [0.4, 0.5) is 0 Å². The molecule has 10 heavy (non-hydrogen) atoms. The van der Waals surface area contributed by atoms with Crippen molar-refractivity contribution in [1.29, 1.82) is 0 Å². The van der Waals surface area contributed by atoms with Crippen LogP contribution in [0.3, 0.4) is 0 Å². The van der Waals surface area contributed by atoms with Crippen LogP contribution in [0, 0.1) is 0 Å². The maximum atomic E-state index is 5.56. The van der Waals surface area contributed by atoms with Gasteiger partial charge in [-0.15, -0.1) is 0 Å². The quantitative estimate of drug-likeness (QED) is 0.559. The van der Waals surface area contributed by atoms with E-state index in [1.54, 1.807) is 0 Å². The van der Waals surface area contributed by atoms with Crippen LogP contribution in [0.15, 0.2) is 12.2 Å². The van der Waals surface area contributed by atoms with Crippen LogP contribution >= 0.6 is 0 Å². The number of hydrogen-bond donors (Lipinski definition) is 2. The highest BCUT2D eigenvalue weighted by Crippen LogP contribution is 1.93. The van der Waals surface area contributed by atoms with Crippen molar-refractivity contribution < 1.29 is 0 Å². The molecule has 3 N–H and O–H groups in total. The first-order chi connectivity index (χ1) is 4.77. The van der Waals surface area contributed by atoms with E-state index >= 15 is 0 Å². The lowest BCUT2D eigenvalue weighted by Crippen LogP contribution is -2.13. The van der Waals surface area contributed by atoms with E-state index in [1.165, 1.54) is 0 Å². The van der Waals surface area contributed by atoms with Gasteiger partial charge in [0, 0.05) is 12.6 Å². The number of nitrogens with two attached hydrogens (primary N) is 1. The van der Waals surface area contributed by atoms with Crippen LogP contribution in [0.25, 0.3) is 0 Å². The Hall–Kier alpha value is -0.340. The Morgan fingerprint density at radius 1 is 1.50 bits per heavy atom. The van der Waals surface area contributed by atoms with Crippen molar-refractivity contribution in [3.63, 3.8) is 0 Å². The summed E-state index contributed by atoms with van der Waals surface area (Å²) in [4.78, 5) is 0. The van der Waals surface area contributed by atoms with Crippen molar-refractivity contribution in [2.24, 2.45) is 5.73 Å². The SMILES string of the molecule is CNC/C=C/CCC(C)N. The molecule has 0 bridgehead atoms. The van der Waals surface area contributed by atoms with Gasteiger partial charge >= 0.3 is 0 Å². The van der Waals surface area contributed by atoms with Crippen molar-refractivity contribution in [1.82, 2.24) is 5.32 Å². The zero-order valence-electron chi connectivity index (χ0n) is 6.93. The predicted molar refractivity (Wildman–Crippen MR) is 46.0 cm³/mol. The Labute approximate surface area is 63.5 Å². The van der Waals surface area contributed by atoms with Crippen LogP contribution in [-0.4, -0.2) is 19.6 Å². The van der Waals surface area contributed by atoms with Crippen LogP contribution in [0.2, 0.25) is 0 Å². The summed E-state index contributed by atoms with van der Waals surface area (Å²) in [5.41, 5.74) is 5.56. The zero-order valence-corrected chi connectivity index (χ0v) is 6.93. The van der Waals surface area contributed by atoms with E-state index in [4.69, 9.17) is 5.73 Å². The van der Waals surface area contributed by atoms with E-state index in [2.05, 4.69) is 17.5 Å². The lowest BCUT2D eigenvalue weighted by Gasteiger charge is -1.99. The summed E-state index contributed by atoms with van der Waals surface area (Å²) >= 11 is 0. The van der Waals surface area contributed by atoms with Gasteiger partial charge in [-0.2, -0.15) is 0 Å². The third kappa shape index (κ3) is 7.66. The lowest BCUT2D eigenvalue weighted by atomic mass is 10.2. The Morgan fingerprint density at radius 3 is 2.70 bits per heavy atom. The molecule has 0 rings (SSSR count). The molecule has 60 valence electrons. The molecule has 0 aliphatic heterocycles. The zero-order chi connectivity index (χ0) is 7.82. The summed E-state index contributed by atoms with van der Waals surface area (Å²) in [7, 11) is 1.94. The Morgan fingerprint density at radius 2 is 2.20 bits per heavy atom. The molecule has 2 heteroatoms. The summed E-state index contributed by atoms with van der Waals surface area (Å²) in [6, 6.07) is 0.333. The molecule has 0 aromatic carbocycles. The largest absolute Gasteiger partial charge is 0.328 e. The minimum atomic E-state index is 0.333. The number of allylic oxidation sites excluding steroid dienone is 1. The second kappa shape index (κ2) is 6.78. The molecule has 0 fully saturated rings. The molecule has 0 aliphatic rings. The van der Waals surface area contributed by atoms with Crippen LogP contribution in [-0.2, 0) is 0 Å². The Balaban J connectivity index is 3.02. The number of hydrogen-bond acceptors (Lipinski definition) is 2. The normalized spacial score (nSPS) is 14.3. The first kappa shape index (κ1) is 9.66. The Kier molecular flexibility index (Phi) is 6.55. The fraction of sp³-hybridized carbons (Fsp3) is 0.750. The molecular formula is C8H18N2. The molecule has 0 saturated carbocycles. The van der Waals surface area contributed by atoms with Crippen molar-refractivity contribution >= 4 is 0 Å². The third-order valence-electron chi connectivity index (χ3n) is 1.28. The van der Waals surface area contributed by atoms with Crippen LogP contribution in [0.5, 0.6) is 0 Å². The fourth-order valence-electron chi connectivity index (χ4n) is 0.678. The summed E-state index contributed by atoms with van der Waals surface area (Å²) < 4.78 is 0. The average Bonchev–Trinajstić information content (AvgIpc) is 1.87. The van der Waals surface area contributed by atoms with Gasteiger partial charge in [-0.25, -0.2) is 0 Å². The molecular weight excluding hydrogens is 124 g/mol. The van der Waals surface area contributed by atoms with E-state index in [1.807, 2.05) is 14.0 Å². The highest BCUT2D eigenvalue weighted by Gasteiger charge is 1.88. The number of rotatable bonds is 5. The lowest BCUT2D eigenvalue weighted by molar-refractivity contribution is 0.675. The molecule has 0 aromatic rings. The van der Waals surface area contributed by atoms with Gasteiger partial charge in [-0.05, 0) is 26.8 Å². The molecule has 0 saturated heterocycles. The molecule has 0 aliphatic carbocycles. The second-order valence-electron chi connectivity index (χ2n) is 2.58. The number of nitrogens with one attached hydrogen (secondary N) is 1. The standard InChI is InChI=1S/C8H18N2/c1-8(9)6-4-3-5-7-10-2/h3,5,8,10H,4,6-7,9H2,1-2H3/b5-3+. The highest BCUT2D eigenvalue weighted by atomic mass is 14.8. The van der Waals surface area contributed by atoms with E-state index in [9.17, 15) is 0 Å². The topological polar surface area (TPSA) is 38.0 Å². The van der Waals surface area contributed by atoms with Gasteiger partial charge in [0.05, 0.1) is 0 Å². The molecule has 0 aromatic heterocycles. The maximum Gasteiger partial charge on any atom is 0.0131 e. The molecule has 0 heterocycles. The highest BCUT2D eigenvalue weighted by molar-refractivity contribution is 4.83. The first-order valence-electron chi connectivity index (χ1n) is 3.82. The monoisotopic (exact) mass is 142 g/mol. The summed E-state index contributed by atoms with van der Waals surface area (Å²) in [5.74, 6) is 0. The minimum Gasteiger partial charge on any atom is -0.328 e. The van der Waals surface area contributed by atoms with Gasteiger partial charge < -0.3 is 11.1 Å². The molecule has 0 amide bonds. The molecule has 1 atom stereocenters. The number of likely N-dealkylation sites (N-methyl/N-ethyl adjacent to an activating group) is 1. The van der Waals surface area contributed by atoms with Crippen molar-refractivity contribution in [3.05, 3.63) is 12.2 Å². The van der Waals surface area contributed by atoms with E-state index < -0.39 is 0 Å². The second-order valence-corrected chi connectivity index (χ2v) is 2.58. The molecule has 0 radical (unpaired) electrons. The summed E-state index contributed by atoms with van der Waals surface area (Å²) in [6.45, 7) is 2.99. The van der Waals surface area contributed by atoms with Gasteiger partial charge in [0.2, 0.25) is 0 Å². The van der Waals surface area contributed by atoms with Crippen molar-refractivity contribution in [3.8, 4) is 0 Å². The summed E-state index contributed by atoms with van der Waals surface area (Å²) in [5, 5.41) is 3.04. The van der Waals surface area contributed by atoms with Gasteiger partial charge in [-0.1, -0.05) is 12.2 Å². The fourth-order valence-corrected chi connectivity index (χ4v) is 0.678. The van der Waals surface area contributed by atoms with E-state index in [0.717, 1.165) is 19.4 Å². The van der Waals surface area contributed by atoms with Crippen molar-refractivity contribution in [2.45, 2.75) is 25.8 Å². The minimum absolute atomic E-state index is 0.333. The smallest absolute Gasteiger partial charge is 0.0131 e. The molecule has 1 unspecified atom stereocenters. The van der Waals surface area contributed by atoms with Crippen molar-refractivity contribution in [2.75, 3.05) is 13.6 Å². The van der Waals surface area contributed by atoms with Gasteiger partial charge in [-0.3, -0.25) is 0 Å². The van der Waals surface area contributed by atoms with Gasteiger partial charge in [0.25, 0.3) is 0 Å². The van der Waals surface area contributed by atoms with Gasteiger partial charge in [0.15, 0.2) is 0 Å². The first-order valence-corrected chi connectivity index (χ1v) is 3.82.